The van der Waals surface area contributed by atoms with Crippen molar-refractivity contribution in [2.45, 2.75) is 25.5 Å². The van der Waals surface area contributed by atoms with Crippen LogP contribution < -0.4 is 10.1 Å². The Hall–Kier alpha value is -2.27. The van der Waals surface area contributed by atoms with Crippen LogP contribution in [0, 0.1) is 0 Å². The summed E-state index contributed by atoms with van der Waals surface area (Å²) >= 11 is 0. The van der Waals surface area contributed by atoms with Crippen molar-refractivity contribution in [1.29, 1.82) is 0 Å². The number of methoxy groups -OCH3 is 1. The number of hydrogen-bond acceptors (Lipinski definition) is 4. The minimum absolute atomic E-state index is 0.206. The van der Waals surface area contributed by atoms with Gasteiger partial charge in [0.15, 0.2) is 0 Å². The zero-order valence-electron chi connectivity index (χ0n) is 12.1. The number of benzene rings is 1. The standard InChI is InChI=1S/C16H19NO4/c1-11(10-13(18)15-8-5-9-21-15)17-16(19)12-6-3-4-7-14(12)20-2/h3-9,11,13,18H,10H2,1-2H3,(H,17,19). The fourth-order valence-electron chi connectivity index (χ4n) is 2.12. The predicted molar refractivity (Wildman–Crippen MR) is 78.2 cm³/mol. The molecular weight excluding hydrogens is 270 g/mol. The van der Waals surface area contributed by atoms with E-state index in [9.17, 15) is 9.90 Å². The van der Waals surface area contributed by atoms with Gasteiger partial charge in [0.25, 0.3) is 5.91 Å². The molecule has 0 fully saturated rings. The summed E-state index contributed by atoms with van der Waals surface area (Å²) in [6.07, 6.45) is 1.14. The third-order valence-corrected chi connectivity index (χ3v) is 3.18. The maximum absolute atomic E-state index is 12.2. The summed E-state index contributed by atoms with van der Waals surface area (Å²) in [5.74, 6) is 0.786. The van der Waals surface area contributed by atoms with Crippen molar-refractivity contribution < 1.29 is 19.1 Å². The molecule has 5 nitrogen and oxygen atoms in total. The van der Waals surface area contributed by atoms with Gasteiger partial charge in [-0.3, -0.25) is 4.79 Å². The highest BCUT2D eigenvalue weighted by Gasteiger charge is 2.18. The topological polar surface area (TPSA) is 71.7 Å². The molecule has 2 unspecified atom stereocenters. The lowest BCUT2D eigenvalue weighted by Gasteiger charge is -2.17. The zero-order valence-corrected chi connectivity index (χ0v) is 12.1. The molecule has 0 aliphatic heterocycles. The molecule has 2 N–H and O–H groups in total. The maximum Gasteiger partial charge on any atom is 0.255 e. The number of carbonyl (C=O) groups is 1. The highest BCUT2D eigenvalue weighted by Crippen LogP contribution is 2.20. The summed E-state index contributed by atoms with van der Waals surface area (Å²) < 4.78 is 10.3. The van der Waals surface area contributed by atoms with Crippen molar-refractivity contribution in [2.24, 2.45) is 0 Å². The van der Waals surface area contributed by atoms with E-state index in [1.54, 1.807) is 36.4 Å². The monoisotopic (exact) mass is 289 g/mol. The molecule has 0 radical (unpaired) electrons. The molecule has 2 rings (SSSR count). The molecule has 1 aromatic heterocycles. The van der Waals surface area contributed by atoms with Gasteiger partial charge >= 0.3 is 0 Å². The van der Waals surface area contributed by atoms with Gasteiger partial charge in [-0.2, -0.15) is 0 Å². The van der Waals surface area contributed by atoms with E-state index in [1.807, 2.05) is 6.92 Å². The first-order chi connectivity index (χ1) is 10.1. The number of aliphatic hydroxyl groups is 1. The van der Waals surface area contributed by atoms with Gasteiger partial charge in [0.2, 0.25) is 0 Å². The molecule has 2 atom stereocenters. The van der Waals surface area contributed by atoms with Crippen molar-refractivity contribution in [3.8, 4) is 5.75 Å². The molecule has 0 spiro atoms. The van der Waals surface area contributed by atoms with Crippen molar-refractivity contribution in [1.82, 2.24) is 5.32 Å². The molecular formula is C16H19NO4. The van der Waals surface area contributed by atoms with Crippen LogP contribution in [0.4, 0.5) is 0 Å². The Kier molecular flexibility index (Phi) is 5.00. The summed E-state index contributed by atoms with van der Waals surface area (Å²) in [4.78, 5) is 12.2. The first-order valence-corrected chi connectivity index (χ1v) is 6.77. The van der Waals surface area contributed by atoms with Gasteiger partial charge in [-0.25, -0.2) is 0 Å². The lowest BCUT2D eigenvalue weighted by atomic mass is 10.1. The van der Waals surface area contributed by atoms with Crippen LogP contribution >= 0.6 is 0 Å². The molecule has 112 valence electrons. The zero-order chi connectivity index (χ0) is 15.2. The smallest absolute Gasteiger partial charge is 0.255 e. The first kappa shape index (κ1) is 15.1. The summed E-state index contributed by atoms with van der Waals surface area (Å²) in [6, 6.07) is 10.2. The predicted octanol–water partition coefficient (Wildman–Crippen LogP) is 2.53. The number of furan rings is 1. The second-order valence-corrected chi connectivity index (χ2v) is 4.84. The molecule has 0 saturated carbocycles. The van der Waals surface area contributed by atoms with Gasteiger partial charge in [0.1, 0.15) is 17.6 Å². The van der Waals surface area contributed by atoms with Crippen molar-refractivity contribution >= 4 is 5.91 Å². The van der Waals surface area contributed by atoms with Gasteiger partial charge in [0.05, 0.1) is 18.9 Å². The van der Waals surface area contributed by atoms with Crippen LogP contribution in [0.1, 0.15) is 35.6 Å². The van der Waals surface area contributed by atoms with E-state index < -0.39 is 6.10 Å². The molecule has 0 bridgehead atoms. The number of carbonyl (C=O) groups excluding carboxylic acids is 1. The van der Waals surface area contributed by atoms with E-state index in [4.69, 9.17) is 9.15 Å². The molecule has 21 heavy (non-hydrogen) atoms. The second kappa shape index (κ2) is 6.95. The lowest BCUT2D eigenvalue weighted by molar-refractivity contribution is 0.0900. The minimum atomic E-state index is -0.743. The minimum Gasteiger partial charge on any atom is -0.496 e. The van der Waals surface area contributed by atoms with Gasteiger partial charge in [0, 0.05) is 12.5 Å². The van der Waals surface area contributed by atoms with Crippen LogP contribution in [0.15, 0.2) is 47.1 Å². The van der Waals surface area contributed by atoms with Gasteiger partial charge < -0.3 is 19.6 Å². The summed E-state index contributed by atoms with van der Waals surface area (Å²) in [6.45, 7) is 1.83. The Labute approximate surface area is 123 Å². The second-order valence-electron chi connectivity index (χ2n) is 4.84. The van der Waals surface area contributed by atoms with E-state index in [2.05, 4.69) is 5.32 Å². The van der Waals surface area contributed by atoms with Gasteiger partial charge in [-0.05, 0) is 31.2 Å². The van der Waals surface area contributed by atoms with Crippen LogP contribution in [0.25, 0.3) is 0 Å². The third-order valence-electron chi connectivity index (χ3n) is 3.18. The average Bonchev–Trinajstić information content (AvgIpc) is 3.01. The number of ether oxygens (including phenoxy) is 1. The number of nitrogens with one attached hydrogen (secondary N) is 1. The van der Waals surface area contributed by atoms with E-state index in [0.717, 1.165) is 0 Å². The highest BCUT2D eigenvalue weighted by atomic mass is 16.5. The van der Waals surface area contributed by atoms with E-state index in [0.29, 0.717) is 23.5 Å². The van der Waals surface area contributed by atoms with Crippen LogP contribution in [0.2, 0.25) is 0 Å². The van der Waals surface area contributed by atoms with Crippen LogP contribution in [0.3, 0.4) is 0 Å². The largest absolute Gasteiger partial charge is 0.496 e. The molecule has 1 amide bonds. The number of para-hydroxylation sites is 1. The molecule has 5 heteroatoms. The fourth-order valence-corrected chi connectivity index (χ4v) is 2.12. The average molecular weight is 289 g/mol. The van der Waals surface area contributed by atoms with E-state index in [-0.39, 0.29) is 11.9 Å². The summed E-state index contributed by atoms with van der Waals surface area (Å²) in [5.41, 5.74) is 0.472. The number of rotatable bonds is 6. The Morgan fingerprint density at radius 2 is 2.10 bits per heavy atom. The van der Waals surface area contributed by atoms with Crippen molar-refractivity contribution in [3.05, 3.63) is 54.0 Å². The van der Waals surface area contributed by atoms with Crippen LogP contribution in [-0.4, -0.2) is 24.2 Å². The summed E-state index contributed by atoms with van der Waals surface area (Å²) in [7, 11) is 1.52. The fraction of sp³-hybridized carbons (Fsp3) is 0.312. The van der Waals surface area contributed by atoms with Crippen LogP contribution in [-0.2, 0) is 0 Å². The summed E-state index contributed by atoms with van der Waals surface area (Å²) in [5, 5.41) is 12.8. The first-order valence-electron chi connectivity index (χ1n) is 6.77. The lowest BCUT2D eigenvalue weighted by Crippen LogP contribution is -2.33. The molecule has 1 heterocycles. The Morgan fingerprint density at radius 1 is 1.33 bits per heavy atom. The van der Waals surface area contributed by atoms with Gasteiger partial charge in [-0.1, -0.05) is 12.1 Å². The highest BCUT2D eigenvalue weighted by molar-refractivity contribution is 5.97. The molecule has 1 aromatic carbocycles. The number of aliphatic hydroxyl groups excluding tert-OH is 1. The Balaban J connectivity index is 1.96. The molecule has 0 saturated heterocycles. The third kappa shape index (κ3) is 3.86. The molecule has 2 aromatic rings. The Bertz CT molecular complexity index is 580. The van der Waals surface area contributed by atoms with E-state index in [1.165, 1.54) is 13.4 Å². The van der Waals surface area contributed by atoms with Crippen molar-refractivity contribution in [2.75, 3.05) is 7.11 Å². The van der Waals surface area contributed by atoms with Crippen molar-refractivity contribution in [3.63, 3.8) is 0 Å². The van der Waals surface area contributed by atoms with Gasteiger partial charge in [-0.15, -0.1) is 0 Å². The van der Waals surface area contributed by atoms with Crippen LogP contribution in [0.5, 0.6) is 5.75 Å². The normalized spacial score (nSPS) is 13.5. The quantitative estimate of drug-likeness (QED) is 0.857. The number of hydrogen-bond donors (Lipinski definition) is 2. The molecule has 0 aliphatic carbocycles. The van der Waals surface area contributed by atoms with E-state index >= 15 is 0 Å². The SMILES string of the molecule is COc1ccccc1C(=O)NC(C)CC(O)c1ccco1. The molecule has 0 aliphatic rings. The number of amides is 1. The Morgan fingerprint density at radius 3 is 2.76 bits per heavy atom. The maximum atomic E-state index is 12.2.